The van der Waals surface area contributed by atoms with Gasteiger partial charge in [-0.1, -0.05) is 18.2 Å². The van der Waals surface area contributed by atoms with Crippen LogP contribution in [0.15, 0.2) is 30.5 Å². The Hall–Kier alpha value is -3.44. The number of hydrogen-bond donors (Lipinski definition) is 3. The molecule has 3 amide bonds. The number of aromatic nitrogens is 1. The maximum atomic E-state index is 13.4. The Morgan fingerprint density at radius 2 is 1.86 bits per heavy atom. The minimum Gasteiger partial charge on any atom is -0.467 e. The first-order valence-corrected chi connectivity index (χ1v) is 11.4. The van der Waals surface area contributed by atoms with E-state index in [1.165, 1.54) is 26.2 Å². The van der Waals surface area contributed by atoms with Crippen molar-refractivity contribution in [2.24, 2.45) is 0 Å². The van der Waals surface area contributed by atoms with E-state index in [1.54, 1.807) is 6.20 Å². The number of aromatic amines is 1. The van der Waals surface area contributed by atoms with Crippen LogP contribution in [-0.2, 0) is 39.8 Å². The van der Waals surface area contributed by atoms with E-state index in [1.807, 2.05) is 24.3 Å². The van der Waals surface area contributed by atoms with Gasteiger partial charge in [0.1, 0.15) is 25.3 Å². The van der Waals surface area contributed by atoms with E-state index in [9.17, 15) is 19.2 Å². The molecule has 1 aromatic carbocycles. The average molecular weight is 489 g/mol. The zero-order chi connectivity index (χ0) is 25.4. The second-order valence-electron chi connectivity index (χ2n) is 8.41. The third-order valence-corrected chi connectivity index (χ3v) is 6.03. The Labute approximate surface area is 203 Å². The summed E-state index contributed by atoms with van der Waals surface area (Å²) in [7, 11) is 4.08. The molecule has 11 nitrogen and oxygen atoms in total. The highest BCUT2D eigenvalue weighted by molar-refractivity contribution is 5.92. The van der Waals surface area contributed by atoms with E-state index in [4.69, 9.17) is 14.2 Å². The van der Waals surface area contributed by atoms with Gasteiger partial charge in [-0.25, -0.2) is 4.79 Å². The molecular weight excluding hydrogens is 456 g/mol. The second-order valence-corrected chi connectivity index (χ2v) is 8.41. The maximum Gasteiger partial charge on any atom is 0.328 e. The number of nitrogens with one attached hydrogen (secondary N) is 3. The van der Waals surface area contributed by atoms with Crippen molar-refractivity contribution < 1.29 is 33.4 Å². The summed E-state index contributed by atoms with van der Waals surface area (Å²) in [5.41, 5.74) is 1.76. The van der Waals surface area contributed by atoms with Gasteiger partial charge in [-0.15, -0.1) is 0 Å². The van der Waals surface area contributed by atoms with Gasteiger partial charge in [0, 0.05) is 50.3 Å². The summed E-state index contributed by atoms with van der Waals surface area (Å²) in [6.07, 6.45) is 2.67. The van der Waals surface area contributed by atoms with Crippen molar-refractivity contribution in [3.8, 4) is 0 Å². The van der Waals surface area contributed by atoms with Gasteiger partial charge in [0.25, 0.3) is 0 Å². The van der Waals surface area contributed by atoms with E-state index in [0.29, 0.717) is 6.42 Å². The molecule has 190 valence electrons. The van der Waals surface area contributed by atoms with Gasteiger partial charge < -0.3 is 34.7 Å². The Balaban J connectivity index is 1.78. The molecule has 0 aliphatic carbocycles. The molecule has 0 spiro atoms. The standard InChI is InChI=1S/C24H32N4O7/c1-33-13-21(29)26-16-8-9-28(22(30)14-34-2)20(11-16)23(31)27-19(24(32)35-3)10-15-12-25-18-7-5-4-6-17(15)18/h4-7,12,16,19-20,25H,8-11,13-14H2,1-3H3,(H,26,29)(H,27,31). The molecule has 3 rings (SSSR count). The lowest BCUT2D eigenvalue weighted by atomic mass is 9.95. The van der Waals surface area contributed by atoms with Crippen LogP contribution in [0.25, 0.3) is 10.9 Å². The Morgan fingerprint density at radius 3 is 2.57 bits per heavy atom. The van der Waals surface area contributed by atoms with Crippen LogP contribution in [0.3, 0.4) is 0 Å². The third-order valence-electron chi connectivity index (χ3n) is 6.03. The zero-order valence-electron chi connectivity index (χ0n) is 20.2. The number of rotatable bonds is 10. The molecule has 0 radical (unpaired) electrons. The minimum absolute atomic E-state index is 0.102. The molecule has 11 heteroatoms. The molecule has 3 unspecified atom stereocenters. The van der Waals surface area contributed by atoms with Crippen LogP contribution in [0, 0.1) is 0 Å². The molecule has 2 aromatic rings. The predicted octanol–water partition coefficient (Wildman–Crippen LogP) is 0.137. The molecule has 2 heterocycles. The number of nitrogens with zero attached hydrogens (tertiary/aromatic N) is 1. The van der Waals surface area contributed by atoms with Crippen LogP contribution in [0.4, 0.5) is 0 Å². The van der Waals surface area contributed by atoms with Gasteiger partial charge >= 0.3 is 5.97 Å². The van der Waals surface area contributed by atoms with Crippen LogP contribution in [0.5, 0.6) is 0 Å². The zero-order valence-corrected chi connectivity index (χ0v) is 20.2. The molecule has 0 saturated carbocycles. The first-order chi connectivity index (χ1) is 16.9. The highest BCUT2D eigenvalue weighted by Gasteiger charge is 2.38. The summed E-state index contributed by atoms with van der Waals surface area (Å²) in [6.45, 7) is -0.0292. The van der Waals surface area contributed by atoms with Gasteiger partial charge in [0.15, 0.2) is 0 Å². The Bertz CT molecular complexity index is 1050. The lowest BCUT2D eigenvalue weighted by Crippen LogP contribution is -2.60. The monoisotopic (exact) mass is 488 g/mol. The van der Waals surface area contributed by atoms with Crippen LogP contribution < -0.4 is 10.6 Å². The quantitative estimate of drug-likeness (QED) is 0.404. The van der Waals surface area contributed by atoms with Gasteiger partial charge in [-0.05, 0) is 24.5 Å². The summed E-state index contributed by atoms with van der Waals surface area (Å²) in [4.78, 5) is 55.2. The van der Waals surface area contributed by atoms with E-state index in [0.717, 1.165) is 16.5 Å². The number of methoxy groups -OCH3 is 3. The van der Waals surface area contributed by atoms with Crippen molar-refractivity contribution in [1.29, 1.82) is 0 Å². The van der Waals surface area contributed by atoms with Crippen LogP contribution in [0.2, 0.25) is 0 Å². The summed E-state index contributed by atoms with van der Waals surface area (Å²) in [5.74, 6) is -1.75. The van der Waals surface area contributed by atoms with Crippen molar-refractivity contribution in [1.82, 2.24) is 20.5 Å². The number of esters is 1. The van der Waals surface area contributed by atoms with Crippen molar-refractivity contribution >= 4 is 34.6 Å². The van der Waals surface area contributed by atoms with E-state index in [2.05, 4.69) is 15.6 Å². The fraction of sp³-hybridized carbons (Fsp3) is 0.500. The van der Waals surface area contributed by atoms with Crippen molar-refractivity contribution in [3.63, 3.8) is 0 Å². The van der Waals surface area contributed by atoms with Crippen molar-refractivity contribution in [2.45, 2.75) is 37.4 Å². The van der Waals surface area contributed by atoms with Gasteiger partial charge in [0.2, 0.25) is 17.7 Å². The fourth-order valence-corrected chi connectivity index (χ4v) is 4.37. The normalized spacial score (nSPS) is 18.7. The molecule has 3 N–H and O–H groups in total. The molecule has 1 fully saturated rings. The number of ether oxygens (including phenoxy) is 3. The number of carbonyl (C=O) groups is 4. The number of para-hydroxylation sites is 1. The van der Waals surface area contributed by atoms with Crippen LogP contribution in [0.1, 0.15) is 18.4 Å². The third kappa shape index (κ3) is 6.58. The molecule has 3 atom stereocenters. The second kappa shape index (κ2) is 12.3. The summed E-state index contributed by atoms with van der Waals surface area (Å²) >= 11 is 0. The smallest absolute Gasteiger partial charge is 0.328 e. The fourth-order valence-electron chi connectivity index (χ4n) is 4.37. The molecule has 1 saturated heterocycles. The Morgan fingerprint density at radius 1 is 1.11 bits per heavy atom. The molecule has 1 aromatic heterocycles. The largest absolute Gasteiger partial charge is 0.467 e. The number of H-pyrrole nitrogens is 1. The average Bonchev–Trinajstić information content (AvgIpc) is 3.26. The maximum absolute atomic E-state index is 13.4. The molecule has 1 aliphatic rings. The van der Waals surface area contributed by atoms with Gasteiger partial charge in [0.05, 0.1) is 7.11 Å². The first-order valence-electron chi connectivity index (χ1n) is 11.4. The summed E-state index contributed by atoms with van der Waals surface area (Å²) < 4.78 is 14.8. The van der Waals surface area contributed by atoms with Crippen molar-refractivity contribution in [2.75, 3.05) is 41.1 Å². The molecule has 0 bridgehead atoms. The number of benzene rings is 1. The Kier molecular flexibility index (Phi) is 9.21. The van der Waals surface area contributed by atoms with Gasteiger partial charge in [-0.3, -0.25) is 14.4 Å². The molecule has 1 aliphatic heterocycles. The van der Waals surface area contributed by atoms with Gasteiger partial charge in [-0.2, -0.15) is 0 Å². The van der Waals surface area contributed by atoms with E-state index < -0.39 is 24.0 Å². The molecular formula is C24H32N4O7. The van der Waals surface area contributed by atoms with Crippen LogP contribution in [-0.4, -0.2) is 92.8 Å². The SMILES string of the molecule is COCC(=O)NC1CCN(C(=O)COC)C(C(=O)NC(Cc2c[nH]c3ccccc23)C(=O)OC)C1. The molecule has 35 heavy (non-hydrogen) atoms. The first kappa shape index (κ1) is 26.2. The highest BCUT2D eigenvalue weighted by atomic mass is 16.5. The number of fused-ring (bicyclic) bond motifs is 1. The summed E-state index contributed by atoms with van der Waals surface area (Å²) in [5, 5.41) is 6.53. The van der Waals surface area contributed by atoms with Crippen molar-refractivity contribution in [3.05, 3.63) is 36.0 Å². The van der Waals surface area contributed by atoms with E-state index >= 15 is 0 Å². The number of likely N-dealkylation sites (tertiary alicyclic amines) is 1. The lowest BCUT2D eigenvalue weighted by molar-refractivity contribution is -0.149. The topological polar surface area (TPSA) is 139 Å². The number of carbonyl (C=O) groups excluding carboxylic acids is 4. The number of amides is 3. The lowest BCUT2D eigenvalue weighted by Gasteiger charge is -2.39. The van der Waals surface area contributed by atoms with Crippen LogP contribution >= 0.6 is 0 Å². The predicted molar refractivity (Wildman–Crippen MR) is 126 cm³/mol. The number of piperidine rings is 1. The highest BCUT2D eigenvalue weighted by Crippen LogP contribution is 2.21. The number of hydrogen-bond acceptors (Lipinski definition) is 7. The summed E-state index contributed by atoms with van der Waals surface area (Å²) in [6, 6.07) is 5.46. The minimum atomic E-state index is -0.963. The van der Waals surface area contributed by atoms with E-state index in [-0.39, 0.29) is 50.5 Å².